The first-order chi connectivity index (χ1) is 27.0. The third kappa shape index (κ3) is 11.3. The van der Waals surface area contributed by atoms with E-state index in [0.29, 0.717) is 50.7 Å². The number of amides is 3. The van der Waals surface area contributed by atoms with Crippen molar-refractivity contribution in [2.75, 3.05) is 6.54 Å². The lowest BCUT2D eigenvalue weighted by atomic mass is 9.75. The number of rotatable bonds is 14. The molecular weight excluding hydrogens is 709 g/mol. The number of aliphatic hydroxyl groups is 1. The number of hydroxylamine groups is 1. The monoisotopic (exact) mass is 768 g/mol. The number of carbonyl (C=O) groups is 3. The first-order valence-electron chi connectivity index (χ1n) is 20.5. The van der Waals surface area contributed by atoms with E-state index >= 15 is 0 Å². The summed E-state index contributed by atoms with van der Waals surface area (Å²) in [6.07, 6.45) is 7.77. The van der Waals surface area contributed by atoms with Gasteiger partial charge in [-0.3, -0.25) is 24.5 Å². The molecule has 2 saturated heterocycles. The molecule has 56 heavy (non-hydrogen) atoms. The zero-order valence-electron chi connectivity index (χ0n) is 33.2. The SMILES string of the molecule is CC(C)(C)NC(=O)[C@H]1CC[C@H]2CCCC[C@H]2N1C[C@H]1C[C@@H](c2ccc(CO)cc2)O[C@@H](c2cccc(-c3cccc(CNC(=O)CCCCC(=O)NO)c3)c2)O1. The molecule has 0 radical (unpaired) electrons. The molecule has 11 nitrogen and oxygen atoms in total. The van der Waals surface area contributed by atoms with Gasteiger partial charge in [0, 0.05) is 49.5 Å². The van der Waals surface area contributed by atoms with Gasteiger partial charge in [0.05, 0.1) is 24.9 Å². The molecule has 3 fully saturated rings. The number of benzene rings is 3. The highest BCUT2D eigenvalue weighted by atomic mass is 16.7. The highest BCUT2D eigenvalue weighted by molar-refractivity contribution is 5.82. The van der Waals surface area contributed by atoms with Gasteiger partial charge in [-0.1, -0.05) is 73.5 Å². The minimum Gasteiger partial charge on any atom is -0.392 e. The lowest BCUT2D eigenvalue weighted by molar-refractivity contribution is -0.255. The van der Waals surface area contributed by atoms with E-state index in [9.17, 15) is 19.5 Å². The molecule has 11 heteroatoms. The predicted octanol–water partition coefficient (Wildman–Crippen LogP) is 7.01. The minimum absolute atomic E-state index is 0.0244. The number of piperidine rings is 1. The second kappa shape index (κ2) is 19.3. The van der Waals surface area contributed by atoms with E-state index in [4.69, 9.17) is 14.7 Å². The number of carbonyl (C=O) groups excluding carboxylic acids is 3. The molecule has 6 atom stereocenters. The summed E-state index contributed by atoms with van der Waals surface area (Å²) in [5.74, 6) is 0.146. The van der Waals surface area contributed by atoms with Crippen LogP contribution in [0.1, 0.15) is 126 Å². The van der Waals surface area contributed by atoms with Gasteiger partial charge >= 0.3 is 0 Å². The average Bonchev–Trinajstić information content (AvgIpc) is 3.21. The molecule has 3 amide bonds. The lowest BCUT2D eigenvalue weighted by Crippen LogP contribution is -2.61. The van der Waals surface area contributed by atoms with Gasteiger partial charge in [0.25, 0.3) is 0 Å². The van der Waals surface area contributed by atoms with Gasteiger partial charge in [-0.05, 0) is 105 Å². The summed E-state index contributed by atoms with van der Waals surface area (Å²) in [6, 6.07) is 24.4. The number of hydrogen-bond acceptors (Lipinski definition) is 8. The molecular formula is C45H60N4O7. The number of ether oxygens (including phenoxy) is 2. The molecule has 2 aliphatic heterocycles. The van der Waals surface area contributed by atoms with Crippen molar-refractivity contribution in [2.24, 2.45) is 5.92 Å². The van der Waals surface area contributed by atoms with Crippen LogP contribution in [0.15, 0.2) is 72.8 Å². The molecule has 2 heterocycles. The molecule has 3 aromatic carbocycles. The van der Waals surface area contributed by atoms with Gasteiger partial charge in [0.15, 0.2) is 6.29 Å². The summed E-state index contributed by atoms with van der Waals surface area (Å²) in [6.45, 7) is 7.11. The van der Waals surface area contributed by atoms with E-state index in [2.05, 4.69) is 33.7 Å². The molecule has 0 spiro atoms. The van der Waals surface area contributed by atoms with Crippen molar-refractivity contribution in [3.8, 4) is 11.1 Å². The number of nitrogens with zero attached hydrogens (tertiary/aromatic N) is 1. The van der Waals surface area contributed by atoms with Crippen molar-refractivity contribution in [2.45, 2.75) is 141 Å². The van der Waals surface area contributed by atoms with Crippen molar-refractivity contribution in [1.29, 1.82) is 0 Å². The van der Waals surface area contributed by atoms with Gasteiger partial charge in [-0.2, -0.15) is 0 Å². The number of fused-ring (bicyclic) bond motifs is 1. The number of nitrogens with one attached hydrogen (secondary N) is 3. The second-order valence-electron chi connectivity index (χ2n) is 16.8. The van der Waals surface area contributed by atoms with Crippen LogP contribution in [0.2, 0.25) is 0 Å². The first kappa shape index (κ1) is 41.5. The summed E-state index contributed by atoms with van der Waals surface area (Å²) in [4.78, 5) is 40.0. The van der Waals surface area contributed by atoms with Crippen molar-refractivity contribution < 1.29 is 34.2 Å². The zero-order valence-corrected chi connectivity index (χ0v) is 33.2. The third-order valence-corrected chi connectivity index (χ3v) is 11.4. The highest BCUT2D eigenvalue weighted by Crippen LogP contribution is 2.42. The van der Waals surface area contributed by atoms with Crippen molar-refractivity contribution in [1.82, 2.24) is 21.0 Å². The Kier molecular flexibility index (Phi) is 14.3. The molecule has 1 aliphatic carbocycles. The smallest absolute Gasteiger partial charge is 0.243 e. The standard InChI is InChI=1S/C45H60N4O7/c1-45(2,3)47-43(53)39-23-22-32-11-4-5-15-38(32)49(39)28-37-26-40(33-20-18-30(29-50)19-21-33)56-44(55-37)36-14-9-13-35(25-36)34-12-8-10-31(24-34)27-46-41(51)16-6-7-17-42(52)48-54/h8-10,12-14,18-21,24-25,32,37-40,44,50,54H,4-7,11,15-17,22-23,26-29H2,1-3H3,(H,46,51)(H,47,53)(H,48,52)/t32-,37-,38-,39-,40+,44+/m1/s1. The quantitative estimate of drug-likeness (QED) is 0.0669. The predicted molar refractivity (Wildman–Crippen MR) is 214 cm³/mol. The lowest BCUT2D eigenvalue weighted by Gasteiger charge is -2.50. The fraction of sp³-hybridized carbons (Fsp3) is 0.533. The van der Waals surface area contributed by atoms with Gasteiger partial charge in [0.1, 0.15) is 0 Å². The van der Waals surface area contributed by atoms with E-state index in [1.807, 2.05) is 75.4 Å². The van der Waals surface area contributed by atoms with Crippen molar-refractivity contribution in [3.63, 3.8) is 0 Å². The number of unbranched alkanes of at least 4 members (excludes halogenated alkanes) is 1. The number of aliphatic hydroxyl groups excluding tert-OH is 1. The topological polar surface area (TPSA) is 149 Å². The summed E-state index contributed by atoms with van der Waals surface area (Å²) < 4.78 is 13.7. The Balaban J connectivity index is 1.20. The van der Waals surface area contributed by atoms with E-state index in [1.54, 1.807) is 5.48 Å². The maximum atomic E-state index is 13.8. The molecule has 3 aromatic rings. The van der Waals surface area contributed by atoms with Gasteiger partial charge < -0.3 is 25.2 Å². The van der Waals surface area contributed by atoms with Gasteiger partial charge in [-0.25, -0.2) is 5.48 Å². The maximum absolute atomic E-state index is 13.8. The van der Waals surface area contributed by atoms with Crippen LogP contribution in [0, 0.1) is 5.92 Å². The number of hydrogen-bond donors (Lipinski definition) is 5. The van der Waals surface area contributed by atoms with Crippen molar-refractivity contribution in [3.05, 3.63) is 95.1 Å². The Morgan fingerprint density at radius 2 is 1.52 bits per heavy atom. The van der Waals surface area contributed by atoms with Crippen LogP contribution in [0.25, 0.3) is 11.1 Å². The molecule has 0 unspecified atom stereocenters. The Morgan fingerprint density at radius 3 is 2.25 bits per heavy atom. The molecule has 3 aliphatic rings. The Morgan fingerprint density at radius 1 is 0.804 bits per heavy atom. The summed E-state index contributed by atoms with van der Waals surface area (Å²) in [5, 5.41) is 24.6. The Hall–Kier alpha value is -4.13. The van der Waals surface area contributed by atoms with Crippen molar-refractivity contribution >= 4 is 17.7 Å². The number of likely N-dealkylation sites (tertiary alicyclic amines) is 1. The fourth-order valence-corrected chi connectivity index (χ4v) is 8.64. The highest BCUT2D eigenvalue weighted by Gasteiger charge is 2.44. The second-order valence-corrected chi connectivity index (χ2v) is 16.8. The van der Waals surface area contributed by atoms with Crippen LogP contribution in [0.4, 0.5) is 0 Å². The Bertz CT molecular complexity index is 1780. The van der Waals surface area contributed by atoms with Crippen LogP contribution in [0.5, 0.6) is 0 Å². The Labute approximate surface area is 331 Å². The summed E-state index contributed by atoms with van der Waals surface area (Å²) in [7, 11) is 0. The summed E-state index contributed by atoms with van der Waals surface area (Å²) in [5.41, 5.74) is 7.02. The zero-order chi connectivity index (χ0) is 39.7. The van der Waals surface area contributed by atoms with Crippen LogP contribution in [0.3, 0.4) is 0 Å². The molecule has 302 valence electrons. The normalized spacial score (nSPS) is 24.2. The minimum atomic E-state index is -0.643. The van der Waals surface area contributed by atoms with Gasteiger partial charge in [0.2, 0.25) is 17.7 Å². The largest absolute Gasteiger partial charge is 0.392 e. The fourth-order valence-electron chi connectivity index (χ4n) is 8.64. The van der Waals surface area contributed by atoms with Crippen LogP contribution >= 0.6 is 0 Å². The molecule has 1 saturated carbocycles. The van der Waals surface area contributed by atoms with Crippen LogP contribution in [-0.4, -0.2) is 63.2 Å². The van der Waals surface area contributed by atoms with E-state index < -0.39 is 12.2 Å². The molecule has 0 aromatic heterocycles. The van der Waals surface area contributed by atoms with Crippen LogP contribution < -0.4 is 16.1 Å². The first-order valence-corrected chi connectivity index (χ1v) is 20.5. The molecule has 6 rings (SSSR count). The van der Waals surface area contributed by atoms with E-state index in [-0.39, 0.29) is 48.6 Å². The molecule has 5 N–H and O–H groups in total. The van der Waals surface area contributed by atoms with Crippen LogP contribution in [-0.2, 0) is 37.0 Å². The summed E-state index contributed by atoms with van der Waals surface area (Å²) >= 11 is 0. The third-order valence-electron chi connectivity index (χ3n) is 11.4. The van der Waals surface area contributed by atoms with E-state index in [1.165, 1.54) is 19.3 Å². The molecule has 0 bridgehead atoms. The maximum Gasteiger partial charge on any atom is 0.243 e. The average molecular weight is 769 g/mol. The van der Waals surface area contributed by atoms with Gasteiger partial charge in [-0.15, -0.1) is 0 Å². The van der Waals surface area contributed by atoms with E-state index in [0.717, 1.165) is 52.6 Å².